The van der Waals surface area contributed by atoms with E-state index in [-0.39, 0.29) is 71.8 Å². The van der Waals surface area contributed by atoms with E-state index in [2.05, 4.69) is 0 Å². The number of benzene rings is 2. The highest BCUT2D eigenvalue weighted by molar-refractivity contribution is 8.14. The van der Waals surface area contributed by atoms with E-state index in [0.717, 1.165) is 11.1 Å². The first kappa shape index (κ1) is 32.7. The van der Waals surface area contributed by atoms with Crippen LogP contribution in [0.5, 0.6) is 11.5 Å². The molecule has 0 aromatic heterocycles. The van der Waals surface area contributed by atoms with Crippen molar-refractivity contribution in [2.45, 2.75) is 62.2 Å². The summed E-state index contributed by atoms with van der Waals surface area (Å²) in [6, 6.07) is 9.86. The predicted octanol–water partition coefficient (Wildman–Crippen LogP) is 5.63. The zero-order valence-electron chi connectivity index (χ0n) is 22.5. The molecular weight excluding hydrogens is 575 g/mol. The van der Waals surface area contributed by atoms with Gasteiger partial charge in [-0.3, -0.25) is 0 Å². The molecule has 0 aliphatic rings. The minimum atomic E-state index is -3.98. The van der Waals surface area contributed by atoms with E-state index in [1.807, 2.05) is 53.7 Å². The third-order valence-corrected chi connectivity index (χ3v) is 8.17. The highest BCUT2D eigenvalue weighted by Gasteiger charge is 2.23. The molecule has 2 aromatic carbocycles. The van der Waals surface area contributed by atoms with Crippen molar-refractivity contribution < 1.29 is 35.8 Å². The van der Waals surface area contributed by atoms with Gasteiger partial charge in [0.1, 0.15) is 34.5 Å². The second-order valence-electron chi connectivity index (χ2n) is 10.6. The van der Waals surface area contributed by atoms with Crippen molar-refractivity contribution in [1.82, 2.24) is 0 Å². The van der Waals surface area contributed by atoms with E-state index in [9.17, 15) is 16.8 Å². The molecule has 0 heterocycles. The van der Waals surface area contributed by atoms with Crippen LogP contribution in [0.4, 0.5) is 0 Å². The van der Waals surface area contributed by atoms with Crippen LogP contribution in [-0.4, -0.2) is 56.5 Å². The minimum Gasteiger partial charge on any atom is -0.490 e. The average molecular weight is 612 g/mol. The molecule has 0 atom stereocenters. The Balaban J connectivity index is 1.75. The van der Waals surface area contributed by atoms with Crippen molar-refractivity contribution in [3.63, 3.8) is 0 Å². The lowest BCUT2D eigenvalue weighted by molar-refractivity contribution is 0.0268. The molecule has 2 rings (SSSR count). The summed E-state index contributed by atoms with van der Waals surface area (Å²) in [5, 5.41) is 0. The zero-order valence-corrected chi connectivity index (χ0v) is 25.7. The molecule has 8 nitrogen and oxygen atoms in total. The van der Waals surface area contributed by atoms with Gasteiger partial charge in [-0.2, -0.15) is 0 Å². The van der Waals surface area contributed by atoms with Gasteiger partial charge in [-0.05, 0) is 46.2 Å². The highest BCUT2D eigenvalue weighted by Crippen LogP contribution is 2.34. The fraction of sp³-hybridized carbons (Fsp3) is 0.538. The van der Waals surface area contributed by atoms with Crippen molar-refractivity contribution in [1.29, 1.82) is 0 Å². The number of rotatable bonds is 13. The Hall–Kier alpha value is -1.56. The quantitative estimate of drug-likeness (QED) is 0.212. The maximum absolute atomic E-state index is 12.0. The Kier molecular flexibility index (Phi) is 11.3. The van der Waals surface area contributed by atoms with Gasteiger partial charge in [-0.1, -0.05) is 53.7 Å². The molecule has 0 aliphatic heterocycles. The minimum absolute atomic E-state index is 0.0758. The van der Waals surface area contributed by atoms with Gasteiger partial charge in [0.25, 0.3) is 18.1 Å². The van der Waals surface area contributed by atoms with Gasteiger partial charge in [0.05, 0.1) is 26.4 Å². The van der Waals surface area contributed by atoms with Gasteiger partial charge in [0, 0.05) is 21.4 Å². The first-order valence-electron chi connectivity index (χ1n) is 12.0. The van der Waals surface area contributed by atoms with E-state index in [4.69, 9.17) is 40.3 Å². The Morgan fingerprint density at radius 1 is 0.579 bits per heavy atom. The molecule has 12 heteroatoms. The highest BCUT2D eigenvalue weighted by atomic mass is 35.7. The predicted molar refractivity (Wildman–Crippen MR) is 149 cm³/mol. The Labute approximate surface area is 235 Å². The summed E-state index contributed by atoms with van der Waals surface area (Å²) in [6.45, 7) is 13.0. The van der Waals surface area contributed by atoms with Crippen molar-refractivity contribution in [2.24, 2.45) is 0 Å². The maximum Gasteiger partial charge on any atom is 0.264 e. The Morgan fingerprint density at radius 3 is 1.18 bits per heavy atom. The summed E-state index contributed by atoms with van der Waals surface area (Å²) >= 11 is 0. The molecule has 0 unspecified atom stereocenters. The van der Waals surface area contributed by atoms with Crippen LogP contribution in [-0.2, 0) is 38.4 Å². The van der Waals surface area contributed by atoms with Crippen LogP contribution in [0.25, 0.3) is 0 Å². The molecule has 2 aromatic rings. The molecule has 0 N–H and O–H groups in total. The molecule has 0 bridgehead atoms. The van der Waals surface area contributed by atoms with Gasteiger partial charge in [-0.15, -0.1) is 0 Å². The molecule has 0 saturated heterocycles. The third-order valence-electron chi connectivity index (χ3n) is 5.49. The fourth-order valence-electron chi connectivity index (χ4n) is 3.31. The molecule has 0 radical (unpaired) electrons. The lowest BCUT2D eigenvalue weighted by atomic mass is 9.87. The molecule has 0 spiro atoms. The van der Waals surface area contributed by atoms with Gasteiger partial charge in [0.2, 0.25) is 0 Å². The first-order chi connectivity index (χ1) is 17.4. The lowest BCUT2D eigenvalue weighted by Gasteiger charge is -2.21. The molecule has 38 heavy (non-hydrogen) atoms. The van der Waals surface area contributed by atoms with E-state index in [1.165, 1.54) is 12.1 Å². The zero-order chi connectivity index (χ0) is 28.8. The smallest absolute Gasteiger partial charge is 0.264 e. The van der Waals surface area contributed by atoms with Gasteiger partial charge >= 0.3 is 0 Å². The fourth-order valence-corrected chi connectivity index (χ4v) is 5.31. The van der Waals surface area contributed by atoms with Crippen LogP contribution >= 0.6 is 21.4 Å². The van der Waals surface area contributed by atoms with E-state index < -0.39 is 18.1 Å². The van der Waals surface area contributed by atoms with Crippen LogP contribution in [0.1, 0.15) is 52.7 Å². The standard InChI is InChI=1S/C26H36Cl2O8S2/c1-25(2,3)19-7-9-21(23(17-19)37(27,29)30)35-15-13-33-11-12-34-14-16-36-22-10-8-20(26(4,5)6)18-24(22)38(28,31)32/h7-10,17-18H,11-16H2,1-6H3. The lowest BCUT2D eigenvalue weighted by Crippen LogP contribution is -2.15. The molecule has 214 valence electrons. The van der Waals surface area contributed by atoms with Crippen molar-refractivity contribution in [3.8, 4) is 11.5 Å². The molecule has 0 aliphatic carbocycles. The number of halogens is 2. The summed E-state index contributed by atoms with van der Waals surface area (Å²) in [5.74, 6) is 0.331. The van der Waals surface area contributed by atoms with Crippen LogP contribution in [0.3, 0.4) is 0 Å². The average Bonchev–Trinajstić information content (AvgIpc) is 2.77. The number of ether oxygens (including phenoxy) is 4. The van der Waals surface area contributed by atoms with Crippen LogP contribution in [0.2, 0.25) is 0 Å². The van der Waals surface area contributed by atoms with Gasteiger partial charge in [0.15, 0.2) is 0 Å². The van der Waals surface area contributed by atoms with Crippen LogP contribution in [0.15, 0.2) is 46.2 Å². The van der Waals surface area contributed by atoms with Crippen molar-refractivity contribution in [2.75, 3.05) is 39.6 Å². The second-order valence-corrected chi connectivity index (χ2v) is 15.7. The second kappa shape index (κ2) is 13.2. The summed E-state index contributed by atoms with van der Waals surface area (Å²) in [4.78, 5) is -0.152. The third kappa shape index (κ3) is 10.2. The van der Waals surface area contributed by atoms with Gasteiger partial charge < -0.3 is 18.9 Å². The van der Waals surface area contributed by atoms with E-state index in [1.54, 1.807) is 12.1 Å². The van der Waals surface area contributed by atoms with Crippen LogP contribution < -0.4 is 9.47 Å². The summed E-state index contributed by atoms with van der Waals surface area (Å²) in [6.07, 6.45) is 0. The molecule has 0 saturated carbocycles. The summed E-state index contributed by atoms with van der Waals surface area (Å²) in [5.41, 5.74) is 1.15. The monoisotopic (exact) mass is 610 g/mol. The Morgan fingerprint density at radius 2 is 0.895 bits per heavy atom. The molecule has 0 amide bonds. The van der Waals surface area contributed by atoms with E-state index in [0.29, 0.717) is 0 Å². The van der Waals surface area contributed by atoms with Crippen LogP contribution in [0, 0.1) is 0 Å². The van der Waals surface area contributed by atoms with E-state index >= 15 is 0 Å². The normalized spacial score (nSPS) is 12.9. The molecular formula is C26H36Cl2O8S2. The topological polar surface area (TPSA) is 105 Å². The largest absolute Gasteiger partial charge is 0.490 e. The first-order valence-corrected chi connectivity index (χ1v) is 16.6. The Bertz CT molecular complexity index is 1190. The van der Waals surface area contributed by atoms with Crippen molar-refractivity contribution in [3.05, 3.63) is 47.5 Å². The summed E-state index contributed by atoms with van der Waals surface area (Å²) < 4.78 is 70.1. The summed E-state index contributed by atoms with van der Waals surface area (Å²) in [7, 11) is 3.24. The van der Waals surface area contributed by atoms with Crippen molar-refractivity contribution >= 4 is 39.5 Å². The number of hydrogen-bond acceptors (Lipinski definition) is 8. The maximum atomic E-state index is 12.0. The number of hydrogen-bond donors (Lipinski definition) is 0. The van der Waals surface area contributed by atoms with Gasteiger partial charge in [-0.25, -0.2) is 16.8 Å². The SMILES string of the molecule is CC(C)(C)c1ccc(OCCOCCOCCOc2ccc(C(C)(C)C)cc2S(=O)(=O)Cl)c(S(=O)(=O)Cl)c1. The molecule has 0 fully saturated rings.